The maximum atomic E-state index is 15.1. The van der Waals surface area contributed by atoms with Gasteiger partial charge in [-0.2, -0.15) is 15.6 Å². The van der Waals surface area contributed by atoms with Gasteiger partial charge < -0.3 is 19.5 Å². The van der Waals surface area contributed by atoms with Crippen molar-refractivity contribution in [2.75, 3.05) is 56.2 Å². The summed E-state index contributed by atoms with van der Waals surface area (Å²) in [4.78, 5) is 25.2. The van der Waals surface area contributed by atoms with E-state index in [0.29, 0.717) is 67.6 Å². The quantitative estimate of drug-likeness (QED) is 0.304. The topological polar surface area (TPSA) is 116 Å². The Balaban J connectivity index is 1.19. The van der Waals surface area contributed by atoms with Gasteiger partial charge in [-0.05, 0) is 42.5 Å². The average Bonchev–Trinajstić information content (AvgIpc) is 3.39. The van der Waals surface area contributed by atoms with Gasteiger partial charge in [-0.25, -0.2) is 13.8 Å². The molecule has 1 amide bonds. The number of benzene rings is 2. The van der Waals surface area contributed by atoms with Gasteiger partial charge in [0, 0.05) is 67.3 Å². The van der Waals surface area contributed by atoms with Gasteiger partial charge >= 0.3 is 0 Å². The number of hydrogen-bond donors (Lipinski definition) is 3. The maximum absolute atomic E-state index is 15.1. The van der Waals surface area contributed by atoms with Gasteiger partial charge in [-0.1, -0.05) is 0 Å². The third-order valence-electron chi connectivity index (χ3n) is 7.37. The highest BCUT2D eigenvalue weighted by Crippen LogP contribution is 2.40. The van der Waals surface area contributed by atoms with Crippen LogP contribution in [-0.4, -0.2) is 90.2 Å². The van der Waals surface area contributed by atoms with Crippen molar-refractivity contribution in [2.24, 2.45) is 0 Å². The summed E-state index contributed by atoms with van der Waals surface area (Å²) in [6, 6.07) is 11.3. The van der Waals surface area contributed by atoms with Crippen molar-refractivity contribution in [2.45, 2.75) is 6.54 Å². The average molecular weight is 585 g/mol. The van der Waals surface area contributed by atoms with Gasteiger partial charge in [0.2, 0.25) is 5.95 Å². The van der Waals surface area contributed by atoms with Crippen molar-refractivity contribution in [3.05, 3.63) is 77.6 Å². The minimum Gasteiger partial charge on any atom is -0.378 e. The van der Waals surface area contributed by atoms with Crippen LogP contribution in [0.5, 0.6) is 0 Å². The lowest BCUT2D eigenvalue weighted by Crippen LogP contribution is -2.40. The van der Waals surface area contributed by atoms with Crippen molar-refractivity contribution in [1.82, 2.24) is 24.3 Å². The number of nitrogens with zero attached hydrogens (tertiary/aromatic N) is 5. The van der Waals surface area contributed by atoms with Crippen LogP contribution in [0.15, 0.2) is 54.9 Å². The molecular weight excluding hydrogens is 554 g/mol. The monoisotopic (exact) mass is 584 g/mol. The number of nitrogens with one attached hydrogen (secondary N) is 1. The zero-order valence-corrected chi connectivity index (χ0v) is 23.0. The van der Waals surface area contributed by atoms with E-state index in [0.717, 1.165) is 0 Å². The fraction of sp³-hybridized carbons (Fsp3) is 0.321. The van der Waals surface area contributed by atoms with Crippen molar-refractivity contribution < 1.29 is 27.4 Å². The van der Waals surface area contributed by atoms with E-state index in [4.69, 9.17) is 4.74 Å². The largest absolute Gasteiger partial charge is 0.378 e. The first-order valence-corrected chi connectivity index (χ1v) is 15.2. The number of fused-ring (bicyclic) bond motifs is 1. The first-order valence-electron chi connectivity index (χ1n) is 13.3. The molecule has 0 bridgehead atoms. The standard InChI is InChI=1S/C28H30F2N6O4S/c29-24-15-22(16-25(30)23(24)18-34-9-13-41(38,39)14-10-34)36-6-5-20-17-31-28(33-26(20)36)32-21-3-1-19(2-4-21)27(37)35-7-11-40-12-8-35/h1-6,15-17,38-39H,7-14,18H2,(H,31,32,33). The fourth-order valence-corrected chi connectivity index (χ4v) is 6.29. The highest BCUT2D eigenvalue weighted by molar-refractivity contribution is 8.24. The summed E-state index contributed by atoms with van der Waals surface area (Å²) in [6.07, 6.45) is 3.30. The second-order valence-corrected chi connectivity index (χ2v) is 12.6. The van der Waals surface area contributed by atoms with Crippen molar-refractivity contribution in [1.29, 1.82) is 0 Å². The number of aromatic nitrogens is 3. The van der Waals surface area contributed by atoms with Crippen molar-refractivity contribution in [3.8, 4) is 5.69 Å². The summed E-state index contributed by atoms with van der Waals surface area (Å²) >= 11 is 0. The van der Waals surface area contributed by atoms with E-state index in [1.54, 1.807) is 52.2 Å². The van der Waals surface area contributed by atoms with Crippen LogP contribution in [-0.2, 0) is 11.3 Å². The molecule has 0 unspecified atom stereocenters. The Morgan fingerprint density at radius 2 is 1.68 bits per heavy atom. The molecule has 2 aromatic carbocycles. The van der Waals surface area contributed by atoms with Gasteiger partial charge in [-0.15, -0.1) is 0 Å². The van der Waals surface area contributed by atoms with Crippen LogP contribution < -0.4 is 5.32 Å². The lowest BCUT2D eigenvalue weighted by atomic mass is 10.1. The Kier molecular flexibility index (Phi) is 7.62. The Hall–Kier alpha value is -3.62. The summed E-state index contributed by atoms with van der Waals surface area (Å²) < 4.78 is 56.8. The summed E-state index contributed by atoms with van der Waals surface area (Å²) in [7, 11) is -2.59. The predicted molar refractivity (Wildman–Crippen MR) is 153 cm³/mol. The summed E-state index contributed by atoms with van der Waals surface area (Å²) in [5, 5.41) is 3.82. The van der Waals surface area contributed by atoms with Gasteiger partial charge in [0.05, 0.1) is 30.4 Å². The summed E-state index contributed by atoms with van der Waals surface area (Å²) in [5.41, 5.74) is 1.94. The number of halogens is 2. The van der Waals surface area contributed by atoms with Crippen LogP contribution in [0.25, 0.3) is 16.7 Å². The van der Waals surface area contributed by atoms with Gasteiger partial charge in [-0.3, -0.25) is 18.8 Å². The van der Waals surface area contributed by atoms with E-state index in [-0.39, 0.29) is 35.2 Å². The van der Waals surface area contributed by atoms with E-state index in [1.165, 1.54) is 12.1 Å². The molecule has 2 aromatic heterocycles. The van der Waals surface area contributed by atoms with Crippen LogP contribution in [0, 0.1) is 11.6 Å². The SMILES string of the molecule is O=C(c1ccc(Nc2ncc3ccn(-c4cc(F)c(CN5CCS(O)(O)CC5)c(F)c4)c3n2)cc1)N1CCOCC1. The minimum atomic E-state index is -2.59. The smallest absolute Gasteiger partial charge is 0.254 e. The Labute approximate surface area is 236 Å². The highest BCUT2D eigenvalue weighted by Gasteiger charge is 2.24. The molecule has 10 nitrogen and oxygen atoms in total. The van der Waals surface area contributed by atoms with Crippen LogP contribution in [0.2, 0.25) is 0 Å². The maximum Gasteiger partial charge on any atom is 0.254 e. The minimum absolute atomic E-state index is 0.0462. The number of morpholine rings is 1. The van der Waals surface area contributed by atoms with Crippen molar-refractivity contribution >= 4 is 39.2 Å². The second-order valence-electron chi connectivity index (χ2n) is 10.1. The van der Waals surface area contributed by atoms with Crippen LogP contribution in [0.3, 0.4) is 0 Å². The first kappa shape index (κ1) is 27.5. The molecule has 0 spiro atoms. The highest BCUT2D eigenvalue weighted by atomic mass is 32.3. The Morgan fingerprint density at radius 3 is 2.37 bits per heavy atom. The Bertz CT molecular complexity index is 1540. The number of rotatable bonds is 6. The molecule has 0 aliphatic carbocycles. The van der Waals surface area contributed by atoms with E-state index in [1.807, 2.05) is 4.90 Å². The molecule has 216 valence electrons. The Morgan fingerprint density at radius 1 is 1.00 bits per heavy atom. The third kappa shape index (κ3) is 6.04. The van der Waals surface area contributed by atoms with Crippen LogP contribution in [0.1, 0.15) is 15.9 Å². The molecule has 2 saturated heterocycles. The molecule has 2 aliphatic heterocycles. The van der Waals surface area contributed by atoms with Gasteiger partial charge in [0.25, 0.3) is 5.91 Å². The van der Waals surface area contributed by atoms with Gasteiger partial charge in [0.15, 0.2) is 0 Å². The van der Waals surface area contributed by atoms with Gasteiger partial charge in [0.1, 0.15) is 17.3 Å². The molecule has 2 fully saturated rings. The zero-order chi connectivity index (χ0) is 28.6. The summed E-state index contributed by atoms with van der Waals surface area (Å²) in [5.74, 6) is -0.711. The first-order chi connectivity index (χ1) is 19.8. The molecule has 0 atom stereocenters. The van der Waals surface area contributed by atoms with E-state index in [9.17, 15) is 13.9 Å². The van der Waals surface area contributed by atoms with E-state index < -0.39 is 22.2 Å². The van der Waals surface area contributed by atoms with Crippen LogP contribution >= 0.6 is 10.6 Å². The lowest BCUT2D eigenvalue weighted by Gasteiger charge is -2.41. The van der Waals surface area contributed by atoms with Crippen LogP contribution in [0.4, 0.5) is 20.4 Å². The number of amides is 1. The third-order valence-corrected chi connectivity index (χ3v) is 9.04. The molecule has 0 radical (unpaired) electrons. The fourth-order valence-electron chi connectivity index (χ4n) is 4.99. The number of carbonyl (C=O) groups excluding carboxylic acids is 1. The van der Waals surface area contributed by atoms with Crippen molar-refractivity contribution in [3.63, 3.8) is 0 Å². The zero-order valence-electron chi connectivity index (χ0n) is 22.2. The lowest BCUT2D eigenvalue weighted by molar-refractivity contribution is 0.0303. The second kappa shape index (κ2) is 11.3. The number of hydrogen-bond acceptors (Lipinski definition) is 8. The van der Waals surface area contributed by atoms with E-state index in [2.05, 4.69) is 15.3 Å². The molecular formula is C28H30F2N6O4S. The molecule has 6 rings (SSSR count). The molecule has 0 saturated carbocycles. The number of ether oxygens (including phenoxy) is 1. The summed E-state index contributed by atoms with van der Waals surface area (Å²) in [6.45, 7) is 2.98. The number of anilines is 2. The molecule has 3 N–H and O–H groups in total. The van der Waals surface area contributed by atoms with E-state index >= 15 is 8.78 Å². The predicted octanol–water partition coefficient (Wildman–Crippen LogP) is 4.48. The molecule has 2 aliphatic rings. The number of carbonyl (C=O) groups is 1. The molecule has 4 heterocycles. The molecule has 13 heteroatoms. The molecule has 41 heavy (non-hydrogen) atoms. The molecule has 4 aromatic rings. The normalized spacial score (nSPS) is 18.4.